The molecular formula is C13H19N3O4. The Labute approximate surface area is 116 Å². The normalized spacial score (nSPS) is 11.3. The maximum absolute atomic E-state index is 12.5. The molecule has 0 aliphatic carbocycles. The minimum absolute atomic E-state index is 0.0446. The third kappa shape index (κ3) is 2.43. The lowest BCUT2D eigenvalue weighted by molar-refractivity contribution is -0.147. The number of aryl methyl sites for hydroxylation is 2. The number of carboxylic acids is 1. The first kappa shape index (κ1) is 15.9. The summed E-state index contributed by atoms with van der Waals surface area (Å²) in [7, 11) is 2.82. The summed E-state index contributed by atoms with van der Waals surface area (Å²) in [4.78, 5) is 36.8. The van der Waals surface area contributed by atoms with Crippen LogP contribution < -0.4 is 5.56 Å². The fourth-order valence-corrected chi connectivity index (χ4v) is 1.67. The van der Waals surface area contributed by atoms with Crippen LogP contribution in [0, 0.1) is 13.8 Å². The highest BCUT2D eigenvalue weighted by Crippen LogP contribution is 2.17. The van der Waals surface area contributed by atoms with E-state index in [-0.39, 0.29) is 5.56 Å². The summed E-state index contributed by atoms with van der Waals surface area (Å²) in [5.41, 5.74) is -0.975. The van der Waals surface area contributed by atoms with Gasteiger partial charge in [0.1, 0.15) is 11.1 Å². The monoisotopic (exact) mass is 281 g/mol. The third-order valence-corrected chi connectivity index (χ3v) is 3.61. The maximum atomic E-state index is 12.5. The maximum Gasteiger partial charge on any atom is 0.329 e. The summed E-state index contributed by atoms with van der Waals surface area (Å²) < 4.78 is 1.08. The number of carboxylic acid groups (broad SMARTS) is 1. The molecule has 0 atom stereocenters. The van der Waals surface area contributed by atoms with Gasteiger partial charge in [0.05, 0.1) is 5.69 Å². The standard InChI is InChI=1S/C13H19N3O4/c1-7-8(2)14-16(6)11(18)9(7)10(17)15(5)13(3,4)12(19)20/h1-6H3,(H,19,20). The Morgan fingerprint density at radius 1 is 1.30 bits per heavy atom. The van der Waals surface area contributed by atoms with Crippen molar-refractivity contribution >= 4 is 11.9 Å². The van der Waals surface area contributed by atoms with Crippen LogP contribution in [0.3, 0.4) is 0 Å². The van der Waals surface area contributed by atoms with Gasteiger partial charge in [0.15, 0.2) is 0 Å². The van der Waals surface area contributed by atoms with E-state index in [0.717, 1.165) is 9.58 Å². The summed E-state index contributed by atoms with van der Waals surface area (Å²) in [5, 5.41) is 13.2. The average Bonchev–Trinajstić information content (AvgIpc) is 2.35. The highest BCUT2D eigenvalue weighted by molar-refractivity contribution is 5.98. The number of amides is 1. The summed E-state index contributed by atoms with van der Waals surface area (Å²) in [6, 6.07) is 0. The van der Waals surface area contributed by atoms with Crippen molar-refractivity contribution in [2.75, 3.05) is 7.05 Å². The molecule has 0 radical (unpaired) electrons. The number of carbonyl (C=O) groups excluding carboxylic acids is 1. The molecule has 20 heavy (non-hydrogen) atoms. The molecule has 0 bridgehead atoms. The number of carbonyl (C=O) groups is 2. The summed E-state index contributed by atoms with van der Waals surface area (Å²) in [6.45, 7) is 6.12. The second-order valence-electron chi connectivity index (χ2n) is 5.24. The van der Waals surface area contributed by atoms with Crippen LogP contribution in [-0.2, 0) is 11.8 Å². The molecule has 0 saturated carbocycles. The molecule has 1 aromatic heterocycles. The fraction of sp³-hybridized carbons (Fsp3) is 0.538. The Morgan fingerprint density at radius 2 is 1.80 bits per heavy atom. The zero-order valence-electron chi connectivity index (χ0n) is 12.5. The van der Waals surface area contributed by atoms with Gasteiger partial charge in [0, 0.05) is 14.1 Å². The van der Waals surface area contributed by atoms with E-state index in [2.05, 4.69) is 5.10 Å². The van der Waals surface area contributed by atoms with Crippen LogP contribution in [0.15, 0.2) is 4.79 Å². The van der Waals surface area contributed by atoms with Gasteiger partial charge in [-0.2, -0.15) is 5.10 Å². The lowest BCUT2D eigenvalue weighted by Gasteiger charge is -2.31. The second-order valence-corrected chi connectivity index (χ2v) is 5.24. The molecule has 0 aromatic carbocycles. The van der Waals surface area contributed by atoms with Crippen LogP contribution in [0.25, 0.3) is 0 Å². The fourth-order valence-electron chi connectivity index (χ4n) is 1.67. The summed E-state index contributed by atoms with van der Waals surface area (Å²) in [6.07, 6.45) is 0. The van der Waals surface area contributed by atoms with E-state index in [4.69, 9.17) is 5.11 Å². The molecule has 0 aliphatic rings. The number of aromatic nitrogens is 2. The zero-order valence-corrected chi connectivity index (χ0v) is 12.5. The first-order valence-electron chi connectivity index (χ1n) is 6.07. The van der Waals surface area contributed by atoms with Gasteiger partial charge in [0.25, 0.3) is 11.5 Å². The van der Waals surface area contributed by atoms with Crippen molar-refractivity contribution in [2.45, 2.75) is 33.2 Å². The smallest absolute Gasteiger partial charge is 0.329 e. The Kier molecular flexibility index (Phi) is 4.02. The van der Waals surface area contributed by atoms with E-state index < -0.39 is 23.0 Å². The van der Waals surface area contributed by atoms with Crippen LogP contribution in [0.1, 0.15) is 35.5 Å². The van der Waals surface area contributed by atoms with Gasteiger partial charge in [0.2, 0.25) is 0 Å². The number of rotatable bonds is 3. The van der Waals surface area contributed by atoms with Crippen LogP contribution in [0.5, 0.6) is 0 Å². The molecule has 0 spiro atoms. The van der Waals surface area contributed by atoms with Crippen LogP contribution in [-0.4, -0.2) is 44.3 Å². The first-order valence-corrected chi connectivity index (χ1v) is 6.07. The van der Waals surface area contributed by atoms with Gasteiger partial charge >= 0.3 is 5.97 Å². The molecule has 7 nitrogen and oxygen atoms in total. The molecular weight excluding hydrogens is 262 g/mol. The summed E-state index contributed by atoms with van der Waals surface area (Å²) >= 11 is 0. The van der Waals surface area contributed by atoms with Crippen LogP contribution in [0.2, 0.25) is 0 Å². The Morgan fingerprint density at radius 3 is 2.25 bits per heavy atom. The average molecular weight is 281 g/mol. The van der Waals surface area contributed by atoms with Crippen molar-refractivity contribution in [3.05, 3.63) is 27.2 Å². The van der Waals surface area contributed by atoms with E-state index in [1.165, 1.54) is 27.9 Å². The van der Waals surface area contributed by atoms with Crippen molar-refractivity contribution in [1.29, 1.82) is 0 Å². The van der Waals surface area contributed by atoms with Gasteiger partial charge in [-0.1, -0.05) is 0 Å². The first-order chi connectivity index (χ1) is 9.01. The van der Waals surface area contributed by atoms with E-state index in [0.29, 0.717) is 11.3 Å². The number of hydrogen-bond donors (Lipinski definition) is 1. The van der Waals surface area contributed by atoms with Crippen molar-refractivity contribution in [2.24, 2.45) is 7.05 Å². The molecule has 1 heterocycles. The Hall–Kier alpha value is -2.18. The van der Waals surface area contributed by atoms with Crippen molar-refractivity contribution in [3.8, 4) is 0 Å². The number of hydrogen-bond acceptors (Lipinski definition) is 4. The molecule has 1 N–H and O–H groups in total. The van der Waals surface area contributed by atoms with Crippen molar-refractivity contribution in [3.63, 3.8) is 0 Å². The van der Waals surface area contributed by atoms with E-state index in [1.807, 2.05) is 0 Å². The minimum Gasteiger partial charge on any atom is -0.480 e. The molecule has 1 rings (SSSR count). The predicted octanol–water partition coefficient (Wildman–Crippen LogP) is 0.332. The Balaban J connectivity index is 3.44. The van der Waals surface area contributed by atoms with E-state index in [9.17, 15) is 14.4 Å². The van der Waals surface area contributed by atoms with Gasteiger partial charge in [-0.25, -0.2) is 9.48 Å². The van der Waals surface area contributed by atoms with Crippen LogP contribution in [0.4, 0.5) is 0 Å². The second kappa shape index (κ2) is 5.07. The molecule has 1 amide bonds. The number of nitrogens with zero attached hydrogens (tertiary/aromatic N) is 3. The molecule has 0 unspecified atom stereocenters. The lowest BCUT2D eigenvalue weighted by atomic mass is 10.0. The predicted molar refractivity (Wildman–Crippen MR) is 72.8 cm³/mol. The highest BCUT2D eigenvalue weighted by Gasteiger charge is 2.37. The van der Waals surface area contributed by atoms with Gasteiger partial charge in [-0.05, 0) is 33.3 Å². The van der Waals surface area contributed by atoms with Gasteiger partial charge < -0.3 is 10.0 Å². The SMILES string of the molecule is Cc1nn(C)c(=O)c(C(=O)N(C)C(C)(C)C(=O)O)c1C. The molecule has 110 valence electrons. The quantitative estimate of drug-likeness (QED) is 0.862. The molecule has 0 fully saturated rings. The number of aliphatic carboxylic acids is 1. The van der Waals surface area contributed by atoms with Gasteiger partial charge in [-0.3, -0.25) is 9.59 Å². The topological polar surface area (TPSA) is 92.5 Å². The molecule has 7 heteroatoms. The Bertz CT molecular complexity index is 631. The molecule has 0 aliphatic heterocycles. The molecule has 1 aromatic rings. The highest BCUT2D eigenvalue weighted by atomic mass is 16.4. The lowest BCUT2D eigenvalue weighted by Crippen LogP contribution is -2.52. The number of likely N-dealkylation sites (N-methyl/N-ethyl adjacent to an activating group) is 1. The van der Waals surface area contributed by atoms with Crippen LogP contribution >= 0.6 is 0 Å². The van der Waals surface area contributed by atoms with Crippen molar-refractivity contribution < 1.29 is 14.7 Å². The zero-order chi connectivity index (χ0) is 15.8. The van der Waals surface area contributed by atoms with E-state index in [1.54, 1.807) is 13.8 Å². The third-order valence-electron chi connectivity index (χ3n) is 3.61. The largest absolute Gasteiger partial charge is 0.480 e. The summed E-state index contributed by atoms with van der Waals surface area (Å²) in [5.74, 6) is -1.77. The van der Waals surface area contributed by atoms with Crippen molar-refractivity contribution in [1.82, 2.24) is 14.7 Å². The van der Waals surface area contributed by atoms with Gasteiger partial charge in [-0.15, -0.1) is 0 Å². The van der Waals surface area contributed by atoms with E-state index >= 15 is 0 Å². The molecule has 0 saturated heterocycles. The minimum atomic E-state index is -1.41.